The molecule has 1 aromatic carbocycles. The normalized spacial score (nSPS) is 23.7. The summed E-state index contributed by atoms with van der Waals surface area (Å²) in [7, 11) is 0. The van der Waals surface area contributed by atoms with Crippen molar-refractivity contribution >= 4 is 11.7 Å². The average Bonchev–Trinajstić information content (AvgIpc) is 3.31. The second-order valence-corrected chi connectivity index (χ2v) is 9.91. The Bertz CT molecular complexity index is 1030. The Morgan fingerprint density at radius 3 is 2.56 bits per heavy atom. The summed E-state index contributed by atoms with van der Waals surface area (Å²) >= 11 is 0. The predicted octanol–water partition coefficient (Wildman–Crippen LogP) is 3.54. The first-order valence-electron chi connectivity index (χ1n) is 12.4. The maximum absolute atomic E-state index is 13.2. The molecule has 7 nitrogen and oxygen atoms in total. The van der Waals surface area contributed by atoms with Crippen molar-refractivity contribution in [1.82, 2.24) is 14.4 Å². The van der Waals surface area contributed by atoms with Gasteiger partial charge in [-0.2, -0.15) is 5.26 Å². The van der Waals surface area contributed by atoms with Crippen LogP contribution in [0, 0.1) is 25.2 Å². The number of hydrogen-bond acceptors (Lipinski definition) is 5. The molecular weight excluding hydrogens is 426 g/mol. The molecule has 3 heterocycles. The molecule has 3 unspecified atom stereocenters. The van der Waals surface area contributed by atoms with Crippen LogP contribution in [0.3, 0.4) is 0 Å². The Kier molecular flexibility index (Phi) is 7.72. The number of ether oxygens (including phenoxy) is 1. The Balaban J connectivity index is 1.45. The summed E-state index contributed by atoms with van der Waals surface area (Å²) in [6.45, 7) is 13.0. The van der Waals surface area contributed by atoms with Crippen LogP contribution in [0.4, 0.5) is 5.82 Å². The Hall–Kier alpha value is -2.66. The van der Waals surface area contributed by atoms with Gasteiger partial charge in [-0.15, -0.1) is 0 Å². The smallest absolute Gasteiger partial charge is 0.239 e. The quantitative estimate of drug-likeness (QED) is 0.680. The SMILES string of the molecule is Cc1c(C#N)c(NC(=O)CN2CCCC2CN2CC(C)OC(C)C2)n(Cc2ccccc2)c1C. The number of carbonyl (C=O) groups is 1. The fraction of sp³-hybridized carbons (Fsp3) is 0.556. The minimum absolute atomic E-state index is 0.0566. The number of benzene rings is 1. The van der Waals surface area contributed by atoms with Crippen LogP contribution in [-0.4, -0.2) is 71.2 Å². The van der Waals surface area contributed by atoms with Gasteiger partial charge in [-0.3, -0.25) is 14.6 Å². The molecule has 34 heavy (non-hydrogen) atoms. The van der Waals surface area contributed by atoms with Crippen molar-refractivity contribution in [1.29, 1.82) is 5.26 Å². The number of hydrogen-bond donors (Lipinski definition) is 1. The lowest BCUT2D eigenvalue weighted by molar-refractivity contribution is -0.118. The zero-order chi connectivity index (χ0) is 24.2. The molecule has 1 amide bonds. The molecule has 2 aromatic rings. The number of nitrogens with zero attached hydrogens (tertiary/aromatic N) is 4. The summed E-state index contributed by atoms with van der Waals surface area (Å²) in [5.74, 6) is 0.553. The molecule has 182 valence electrons. The molecule has 0 spiro atoms. The lowest BCUT2D eigenvalue weighted by Gasteiger charge is -2.38. The van der Waals surface area contributed by atoms with Crippen LogP contribution >= 0.6 is 0 Å². The molecule has 4 rings (SSSR count). The van der Waals surface area contributed by atoms with E-state index in [-0.39, 0.29) is 18.1 Å². The first kappa shape index (κ1) is 24.5. The molecule has 2 saturated heterocycles. The maximum atomic E-state index is 13.2. The van der Waals surface area contributed by atoms with Gasteiger partial charge in [0.1, 0.15) is 11.9 Å². The van der Waals surface area contributed by atoms with Crippen molar-refractivity contribution in [2.75, 3.05) is 38.0 Å². The number of morpholine rings is 1. The molecule has 1 N–H and O–H groups in total. The summed E-state index contributed by atoms with van der Waals surface area (Å²) in [6, 6.07) is 12.8. The molecule has 3 atom stereocenters. The van der Waals surface area contributed by atoms with Crippen LogP contribution in [0.15, 0.2) is 30.3 Å². The van der Waals surface area contributed by atoms with E-state index in [1.54, 1.807) is 0 Å². The van der Waals surface area contributed by atoms with E-state index in [1.807, 2.05) is 32.0 Å². The molecule has 0 aliphatic carbocycles. The number of rotatable bonds is 7. The first-order chi connectivity index (χ1) is 16.4. The van der Waals surface area contributed by atoms with Crippen LogP contribution < -0.4 is 5.32 Å². The van der Waals surface area contributed by atoms with Gasteiger partial charge in [0.15, 0.2) is 0 Å². The van der Waals surface area contributed by atoms with E-state index < -0.39 is 0 Å². The lowest BCUT2D eigenvalue weighted by Crippen LogP contribution is -2.50. The van der Waals surface area contributed by atoms with E-state index >= 15 is 0 Å². The van der Waals surface area contributed by atoms with Gasteiger partial charge in [0, 0.05) is 37.9 Å². The highest BCUT2D eigenvalue weighted by Gasteiger charge is 2.31. The summed E-state index contributed by atoms with van der Waals surface area (Å²) in [6.07, 6.45) is 2.71. The lowest BCUT2D eigenvalue weighted by atomic mass is 10.1. The van der Waals surface area contributed by atoms with E-state index in [1.165, 1.54) is 0 Å². The Labute approximate surface area is 203 Å². The van der Waals surface area contributed by atoms with Crippen molar-refractivity contribution in [3.8, 4) is 6.07 Å². The third kappa shape index (κ3) is 5.52. The van der Waals surface area contributed by atoms with Gasteiger partial charge in [0.2, 0.25) is 5.91 Å². The van der Waals surface area contributed by atoms with E-state index in [0.29, 0.717) is 30.5 Å². The number of likely N-dealkylation sites (tertiary alicyclic amines) is 1. The second-order valence-electron chi connectivity index (χ2n) is 9.91. The van der Waals surface area contributed by atoms with Gasteiger partial charge in [-0.05, 0) is 58.2 Å². The van der Waals surface area contributed by atoms with Gasteiger partial charge >= 0.3 is 0 Å². The maximum Gasteiger partial charge on any atom is 0.239 e. The van der Waals surface area contributed by atoms with Crippen molar-refractivity contribution in [2.24, 2.45) is 0 Å². The zero-order valence-electron chi connectivity index (χ0n) is 20.9. The van der Waals surface area contributed by atoms with E-state index in [4.69, 9.17) is 4.74 Å². The predicted molar refractivity (Wildman–Crippen MR) is 134 cm³/mol. The molecule has 0 bridgehead atoms. The molecule has 0 radical (unpaired) electrons. The number of amides is 1. The van der Waals surface area contributed by atoms with Crippen LogP contribution in [0.25, 0.3) is 0 Å². The van der Waals surface area contributed by atoms with Crippen molar-refractivity contribution < 1.29 is 9.53 Å². The molecule has 1 aromatic heterocycles. The van der Waals surface area contributed by atoms with Crippen molar-refractivity contribution in [3.63, 3.8) is 0 Å². The Morgan fingerprint density at radius 2 is 1.88 bits per heavy atom. The topological polar surface area (TPSA) is 73.5 Å². The number of carbonyl (C=O) groups excluding carboxylic acids is 1. The van der Waals surface area contributed by atoms with E-state index in [0.717, 1.165) is 55.8 Å². The number of nitrogens with one attached hydrogen (secondary N) is 1. The van der Waals surface area contributed by atoms with Gasteiger partial charge in [-0.25, -0.2) is 0 Å². The fourth-order valence-electron chi connectivity index (χ4n) is 5.49. The monoisotopic (exact) mass is 463 g/mol. The number of nitriles is 1. The molecule has 2 aliphatic heterocycles. The largest absolute Gasteiger partial charge is 0.373 e. The molecule has 2 aliphatic rings. The van der Waals surface area contributed by atoms with Crippen LogP contribution in [0.2, 0.25) is 0 Å². The summed E-state index contributed by atoms with van der Waals surface area (Å²) in [4.78, 5) is 18.0. The molecular formula is C27H37N5O2. The molecule has 0 saturated carbocycles. The minimum Gasteiger partial charge on any atom is -0.373 e. The fourth-order valence-corrected chi connectivity index (χ4v) is 5.49. The van der Waals surface area contributed by atoms with Gasteiger partial charge in [-0.1, -0.05) is 30.3 Å². The summed E-state index contributed by atoms with van der Waals surface area (Å²) < 4.78 is 7.93. The van der Waals surface area contributed by atoms with E-state index in [9.17, 15) is 10.1 Å². The van der Waals surface area contributed by atoms with Crippen molar-refractivity contribution in [2.45, 2.75) is 65.3 Å². The van der Waals surface area contributed by atoms with Crippen LogP contribution in [0.1, 0.15) is 49.1 Å². The molecule has 2 fully saturated rings. The van der Waals surface area contributed by atoms with Crippen LogP contribution in [0.5, 0.6) is 0 Å². The van der Waals surface area contributed by atoms with Gasteiger partial charge in [0.05, 0.1) is 24.3 Å². The first-order valence-corrected chi connectivity index (χ1v) is 12.4. The third-order valence-corrected chi connectivity index (χ3v) is 7.19. The summed E-state index contributed by atoms with van der Waals surface area (Å²) in [5, 5.41) is 12.9. The zero-order valence-corrected chi connectivity index (χ0v) is 20.9. The summed E-state index contributed by atoms with van der Waals surface area (Å²) in [5.41, 5.74) is 3.61. The highest BCUT2D eigenvalue weighted by atomic mass is 16.5. The number of aromatic nitrogens is 1. The Morgan fingerprint density at radius 1 is 1.18 bits per heavy atom. The number of anilines is 1. The minimum atomic E-state index is -0.0566. The molecule has 7 heteroatoms. The average molecular weight is 464 g/mol. The van der Waals surface area contributed by atoms with E-state index in [2.05, 4.69) is 51.7 Å². The van der Waals surface area contributed by atoms with Gasteiger partial charge < -0.3 is 14.6 Å². The third-order valence-electron chi connectivity index (χ3n) is 7.19. The van der Waals surface area contributed by atoms with Crippen LogP contribution in [-0.2, 0) is 16.1 Å². The standard InChI is InChI=1S/C27H37N5O2/c1-19-14-30(15-20(2)34-19)17-24-11-8-12-31(24)18-26(33)29-27-25(13-28)21(3)22(4)32(27)16-23-9-6-5-7-10-23/h5-7,9-10,19-20,24H,8,11-12,14-18H2,1-4H3,(H,29,33). The highest BCUT2D eigenvalue weighted by Crippen LogP contribution is 2.28. The second kappa shape index (κ2) is 10.7. The van der Waals surface area contributed by atoms with Gasteiger partial charge in [0.25, 0.3) is 0 Å². The van der Waals surface area contributed by atoms with Crippen molar-refractivity contribution in [3.05, 3.63) is 52.7 Å². The highest BCUT2D eigenvalue weighted by molar-refractivity contribution is 5.93.